The molecule has 2 aromatic rings. The van der Waals surface area contributed by atoms with E-state index in [2.05, 4.69) is 29.5 Å². The molecule has 0 fully saturated rings. The van der Waals surface area contributed by atoms with Crippen molar-refractivity contribution in [3.05, 3.63) is 70.8 Å². The molecule has 0 aliphatic heterocycles. The Balaban J connectivity index is 0.000000466. The molecule has 0 heterocycles. The second-order valence-electron chi connectivity index (χ2n) is 5.54. The highest BCUT2D eigenvalue weighted by Crippen LogP contribution is 2.08. The number of esters is 1. The minimum Gasteiger partial charge on any atom is -0.478 e. The van der Waals surface area contributed by atoms with Gasteiger partial charge in [0.15, 0.2) is 12.6 Å². The molecule has 156 valence electrons. The summed E-state index contributed by atoms with van der Waals surface area (Å²) in [5, 5.41) is 8.54. The number of aromatic carboxylic acids is 1. The van der Waals surface area contributed by atoms with Gasteiger partial charge in [0.2, 0.25) is 0 Å². The van der Waals surface area contributed by atoms with E-state index in [4.69, 9.17) is 9.84 Å². The van der Waals surface area contributed by atoms with Gasteiger partial charge in [0.05, 0.1) is 17.7 Å². The van der Waals surface area contributed by atoms with Crippen molar-refractivity contribution in [2.45, 2.75) is 26.7 Å². The lowest BCUT2D eigenvalue weighted by molar-refractivity contribution is 0.0502. The van der Waals surface area contributed by atoms with Crippen LogP contribution in [-0.2, 0) is 4.74 Å². The number of alkyl halides is 1. The summed E-state index contributed by atoms with van der Waals surface area (Å²) in [6.07, 6.45) is 3.27. The van der Waals surface area contributed by atoms with Crippen molar-refractivity contribution < 1.29 is 29.0 Å². The highest BCUT2D eigenvalue weighted by Gasteiger charge is 2.10. The second kappa shape index (κ2) is 16.4. The fourth-order valence-corrected chi connectivity index (χ4v) is 1.85. The fraction of sp³-hybridized carbons (Fsp3) is 0.273. The monoisotopic (exact) mass is 512 g/mol. The summed E-state index contributed by atoms with van der Waals surface area (Å²) in [6.45, 7) is 4.47. The lowest BCUT2D eigenvalue weighted by atomic mass is 10.1. The molecule has 0 atom stereocenters. The van der Waals surface area contributed by atoms with E-state index >= 15 is 0 Å². The highest BCUT2D eigenvalue weighted by molar-refractivity contribution is 14.1. The smallest absolute Gasteiger partial charge is 0.338 e. The summed E-state index contributed by atoms with van der Waals surface area (Å²) in [7, 11) is 0. The van der Waals surface area contributed by atoms with Gasteiger partial charge in [-0.3, -0.25) is 9.59 Å². The Hall–Kier alpha value is -2.55. The fourth-order valence-electron chi connectivity index (χ4n) is 1.85. The lowest BCUT2D eigenvalue weighted by Gasteiger charge is -2.04. The number of hydrogen-bond acceptors (Lipinski definition) is 5. The molecule has 0 aliphatic rings. The lowest BCUT2D eigenvalue weighted by Crippen LogP contribution is -2.08. The Labute approximate surface area is 184 Å². The quantitative estimate of drug-likeness (QED) is 0.240. The number of rotatable bonds is 7. The van der Waals surface area contributed by atoms with Gasteiger partial charge in [-0.1, -0.05) is 72.8 Å². The molecule has 0 bridgehead atoms. The Kier molecular flexibility index (Phi) is 15.0. The Morgan fingerprint density at radius 3 is 1.72 bits per heavy atom. The zero-order chi connectivity index (χ0) is 22.1. The number of hydrogen-bond donors (Lipinski definition) is 1. The minimum absolute atomic E-state index is 0.0440. The van der Waals surface area contributed by atoms with Crippen LogP contribution >= 0.6 is 22.6 Å². The molecule has 2 aromatic carbocycles. The summed E-state index contributed by atoms with van der Waals surface area (Å²) in [5.74, 6) is -1.51. The number of carboxylic acid groups (broad SMARTS) is 1. The number of ether oxygens (including phenoxy) is 1. The van der Waals surface area contributed by atoms with Gasteiger partial charge in [0.25, 0.3) is 0 Å². The van der Waals surface area contributed by atoms with Crippen LogP contribution in [0.15, 0.2) is 48.5 Å². The largest absolute Gasteiger partial charge is 0.478 e. The third-order valence-electron chi connectivity index (χ3n) is 3.25. The molecule has 6 nitrogen and oxygen atoms in total. The van der Waals surface area contributed by atoms with Gasteiger partial charge in [0.1, 0.15) is 0 Å². The van der Waals surface area contributed by atoms with Crippen LogP contribution in [-0.4, -0.2) is 40.7 Å². The molecule has 0 aliphatic carbocycles. The number of benzene rings is 2. The molecule has 0 radical (unpaired) electrons. The van der Waals surface area contributed by atoms with Crippen LogP contribution in [0.5, 0.6) is 0 Å². The first-order valence-corrected chi connectivity index (χ1v) is 10.5. The molecule has 0 amide bonds. The maximum Gasteiger partial charge on any atom is 0.338 e. The van der Waals surface area contributed by atoms with Crippen molar-refractivity contribution >= 4 is 47.1 Å². The summed E-state index contributed by atoms with van der Waals surface area (Å²) in [5.41, 5.74) is 0.951. The molecular formula is C22H25IO6. The average molecular weight is 512 g/mol. The van der Waals surface area contributed by atoms with E-state index < -0.39 is 11.9 Å². The van der Waals surface area contributed by atoms with E-state index in [9.17, 15) is 19.2 Å². The van der Waals surface area contributed by atoms with Crippen molar-refractivity contribution in [2.24, 2.45) is 0 Å². The summed E-state index contributed by atoms with van der Waals surface area (Å²) >= 11 is 2.35. The predicted molar refractivity (Wildman–Crippen MR) is 120 cm³/mol. The maximum atomic E-state index is 11.4. The van der Waals surface area contributed by atoms with Crippen molar-refractivity contribution in [1.82, 2.24) is 0 Å². The van der Waals surface area contributed by atoms with Crippen LogP contribution in [0.4, 0.5) is 0 Å². The zero-order valence-corrected chi connectivity index (χ0v) is 18.6. The summed E-state index contributed by atoms with van der Waals surface area (Å²) in [4.78, 5) is 42.7. The van der Waals surface area contributed by atoms with Gasteiger partial charge in [-0.05, 0) is 29.4 Å². The van der Waals surface area contributed by atoms with Crippen LogP contribution in [0.3, 0.4) is 0 Å². The standard InChI is InChI=1S/C11H12O3.C8H6O3.C3H7I/c1-2-7-14-11(13)10-6-4-3-5-9(10)8-12;9-5-6-3-1-2-4-7(6)8(10)11;1-2-3-4/h3-6,8H,2,7H2,1H3;1-5H,(H,10,11);2-3H2,1H3. The van der Waals surface area contributed by atoms with Gasteiger partial charge in [-0.15, -0.1) is 0 Å². The van der Waals surface area contributed by atoms with Gasteiger partial charge < -0.3 is 9.84 Å². The Morgan fingerprint density at radius 2 is 1.34 bits per heavy atom. The van der Waals surface area contributed by atoms with Crippen molar-refractivity contribution in [3.8, 4) is 0 Å². The van der Waals surface area contributed by atoms with Crippen LogP contribution in [0.25, 0.3) is 0 Å². The van der Waals surface area contributed by atoms with E-state index in [-0.39, 0.29) is 11.1 Å². The van der Waals surface area contributed by atoms with Gasteiger partial charge in [-0.25, -0.2) is 9.59 Å². The first-order chi connectivity index (χ1) is 14.0. The van der Waals surface area contributed by atoms with Crippen molar-refractivity contribution in [1.29, 1.82) is 0 Å². The SMILES string of the molecule is CCCI.CCCOC(=O)c1ccccc1C=O.O=Cc1ccccc1C(=O)O. The highest BCUT2D eigenvalue weighted by atomic mass is 127. The van der Waals surface area contributed by atoms with Crippen LogP contribution in [0.1, 0.15) is 68.1 Å². The van der Waals surface area contributed by atoms with Crippen molar-refractivity contribution in [3.63, 3.8) is 0 Å². The zero-order valence-electron chi connectivity index (χ0n) is 16.5. The molecule has 0 spiro atoms. The summed E-state index contributed by atoms with van der Waals surface area (Å²) in [6, 6.07) is 12.7. The van der Waals surface area contributed by atoms with E-state index in [1.54, 1.807) is 36.4 Å². The summed E-state index contributed by atoms with van der Waals surface area (Å²) < 4.78 is 6.21. The first-order valence-electron chi connectivity index (χ1n) is 9.01. The number of halogens is 1. The Morgan fingerprint density at radius 1 is 0.897 bits per heavy atom. The van der Waals surface area contributed by atoms with Crippen LogP contribution in [0.2, 0.25) is 0 Å². The van der Waals surface area contributed by atoms with E-state index in [1.807, 2.05) is 6.92 Å². The van der Waals surface area contributed by atoms with Gasteiger partial charge in [-0.2, -0.15) is 0 Å². The number of carbonyl (C=O) groups is 4. The number of aldehydes is 2. The predicted octanol–water partition coefficient (Wildman–Crippen LogP) is 5.09. The third kappa shape index (κ3) is 10.5. The maximum absolute atomic E-state index is 11.4. The Bertz CT molecular complexity index is 786. The molecular weight excluding hydrogens is 487 g/mol. The molecule has 0 saturated heterocycles. The average Bonchev–Trinajstić information content (AvgIpc) is 2.77. The minimum atomic E-state index is -1.08. The second-order valence-corrected chi connectivity index (χ2v) is 6.62. The van der Waals surface area contributed by atoms with Gasteiger partial charge in [0, 0.05) is 11.1 Å². The van der Waals surface area contributed by atoms with Crippen LogP contribution in [0, 0.1) is 0 Å². The molecule has 0 saturated carbocycles. The first kappa shape index (κ1) is 26.4. The molecule has 0 unspecified atom stereocenters. The molecule has 7 heteroatoms. The number of carbonyl (C=O) groups excluding carboxylic acids is 3. The van der Waals surface area contributed by atoms with Gasteiger partial charge >= 0.3 is 11.9 Å². The third-order valence-corrected chi connectivity index (χ3v) is 4.33. The van der Waals surface area contributed by atoms with Crippen molar-refractivity contribution in [2.75, 3.05) is 11.0 Å². The molecule has 0 aromatic heterocycles. The van der Waals surface area contributed by atoms with E-state index in [0.29, 0.717) is 30.3 Å². The number of carboxylic acids is 1. The van der Waals surface area contributed by atoms with E-state index in [0.717, 1.165) is 6.42 Å². The topological polar surface area (TPSA) is 97.7 Å². The molecule has 29 heavy (non-hydrogen) atoms. The molecule has 2 rings (SSSR count). The van der Waals surface area contributed by atoms with Crippen LogP contribution < -0.4 is 0 Å². The molecule has 1 N–H and O–H groups in total. The normalized spacial score (nSPS) is 9.07. The van der Waals surface area contributed by atoms with E-state index in [1.165, 1.54) is 23.0 Å².